The van der Waals surface area contributed by atoms with Crippen molar-refractivity contribution in [1.82, 2.24) is 0 Å². The van der Waals surface area contributed by atoms with Crippen LogP contribution in [0.15, 0.2) is 22.7 Å². The highest BCUT2D eigenvalue weighted by Gasteiger charge is 2.29. The molecular formula is C17H25BrClN. The minimum absolute atomic E-state index is 0.669. The Hall–Kier alpha value is -0.0500. The summed E-state index contributed by atoms with van der Waals surface area (Å²) in [4.78, 5) is 0. The van der Waals surface area contributed by atoms with Gasteiger partial charge < -0.3 is 5.73 Å². The Morgan fingerprint density at radius 3 is 2.75 bits per heavy atom. The van der Waals surface area contributed by atoms with Gasteiger partial charge in [0.2, 0.25) is 0 Å². The lowest BCUT2D eigenvalue weighted by Crippen LogP contribution is -2.31. The van der Waals surface area contributed by atoms with Gasteiger partial charge in [0, 0.05) is 9.50 Å². The smallest absolute Gasteiger partial charge is 0.0449 e. The number of nitrogens with two attached hydrogens (primary N) is 1. The lowest BCUT2D eigenvalue weighted by Gasteiger charge is -2.36. The molecule has 1 nitrogen and oxygen atoms in total. The van der Waals surface area contributed by atoms with Gasteiger partial charge in [-0.1, -0.05) is 59.8 Å². The van der Waals surface area contributed by atoms with E-state index in [0.29, 0.717) is 11.8 Å². The Bertz CT molecular complexity index is 435. The lowest BCUT2D eigenvalue weighted by atomic mass is 9.70. The van der Waals surface area contributed by atoms with Gasteiger partial charge in [0.1, 0.15) is 0 Å². The monoisotopic (exact) mass is 357 g/mol. The van der Waals surface area contributed by atoms with Crippen molar-refractivity contribution >= 4 is 27.5 Å². The van der Waals surface area contributed by atoms with Gasteiger partial charge in [-0.05, 0) is 61.3 Å². The van der Waals surface area contributed by atoms with Crippen LogP contribution < -0.4 is 5.73 Å². The van der Waals surface area contributed by atoms with Crippen LogP contribution in [0.4, 0.5) is 0 Å². The third-order valence-corrected chi connectivity index (χ3v) is 5.59. The predicted octanol–water partition coefficient (Wildman–Crippen LogP) is 5.44. The van der Waals surface area contributed by atoms with E-state index in [1.54, 1.807) is 0 Å². The summed E-state index contributed by atoms with van der Waals surface area (Å²) in [6.45, 7) is 3.10. The van der Waals surface area contributed by atoms with E-state index in [1.165, 1.54) is 37.7 Å². The second kappa shape index (κ2) is 7.82. The summed E-state index contributed by atoms with van der Waals surface area (Å²) in [5, 5.41) is 0.882. The fourth-order valence-corrected chi connectivity index (χ4v) is 4.37. The third-order valence-electron chi connectivity index (χ3n) is 4.75. The molecule has 2 rings (SSSR count). The molecule has 1 aromatic rings. The molecule has 0 bridgehead atoms. The van der Waals surface area contributed by atoms with Crippen molar-refractivity contribution in [2.75, 3.05) is 6.54 Å². The van der Waals surface area contributed by atoms with Crippen molar-refractivity contribution in [3.05, 3.63) is 33.3 Å². The normalized spacial score (nSPS) is 26.7. The number of hydrogen-bond acceptors (Lipinski definition) is 1. The third kappa shape index (κ3) is 4.22. The van der Waals surface area contributed by atoms with Crippen LogP contribution >= 0.6 is 27.5 Å². The van der Waals surface area contributed by atoms with Gasteiger partial charge in [-0.3, -0.25) is 0 Å². The molecular weight excluding hydrogens is 334 g/mol. The first-order valence-electron chi connectivity index (χ1n) is 7.78. The van der Waals surface area contributed by atoms with Crippen LogP contribution in [0.25, 0.3) is 0 Å². The average Bonchev–Trinajstić information content (AvgIpc) is 2.43. The Kier molecular flexibility index (Phi) is 6.38. The topological polar surface area (TPSA) is 26.0 Å². The number of benzene rings is 1. The molecule has 0 radical (unpaired) electrons. The van der Waals surface area contributed by atoms with Crippen molar-refractivity contribution in [3.63, 3.8) is 0 Å². The minimum atomic E-state index is 0.669. The van der Waals surface area contributed by atoms with Crippen molar-refractivity contribution in [3.8, 4) is 0 Å². The summed E-state index contributed by atoms with van der Waals surface area (Å²) >= 11 is 9.85. The van der Waals surface area contributed by atoms with Crippen LogP contribution in [-0.4, -0.2) is 6.54 Å². The van der Waals surface area contributed by atoms with Crippen molar-refractivity contribution in [2.45, 2.75) is 45.4 Å². The lowest BCUT2D eigenvalue weighted by molar-refractivity contribution is 0.176. The zero-order valence-corrected chi connectivity index (χ0v) is 14.6. The van der Waals surface area contributed by atoms with E-state index in [4.69, 9.17) is 17.3 Å². The average molecular weight is 359 g/mol. The Balaban J connectivity index is 2.07. The molecule has 0 saturated heterocycles. The highest BCUT2D eigenvalue weighted by molar-refractivity contribution is 9.10. The van der Waals surface area contributed by atoms with Crippen LogP contribution in [0.2, 0.25) is 5.02 Å². The molecule has 2 N–H and O–H groups in total. The molecule has 1 fully saturated rings. The summed E-state index contributed by atoms with van der Waals surface area (Å²) < 4.78 is 1.05. The van der Waals surface area contributed by atoms with E-state index in [0.717, 1.165) is 28.4 Å². The van der Waals surface area contributed by atoms with E-state index >= 15 is 0 Å². The molecule has 1 saturated carbocycles. The molecule has 0 aromatic heterocycles. The van der Waals surface area contributed by atoms with Gasteiger partial charge in [0.15, 0.2) is 0 Å². The molecule has 0 heterocycles. The van der Waals surface area contributed by atoms with E-state index < -0.39 is 0 Å². The predicted molar refractivity (Wildman–Crippen MR) is 91.1 cm³/mol. The first-order valence-corrected chi connectivity index (χ1v) is 8.95. The zero-order valence-electron chi connectivity index (χ0n) is 12.2. The van der Waals surface area contributed by atoms with Crippen LogP contribution in [-0.2, 0) is 6.42 Å². The SMILES string of the molecule is CCCC1CCC(CN)C(Cc2ccc(Br)cc2Cl)C1. The van der Waals surface area contributed by atoms with E-state index in [1.807, 2.05) is 6.07 Å². The molecule has 3 unspecified atom stereocenters. The molecule has 3 heteroatoms. The maximum absolute atomic E-state index is 6.38. The van der Waals surface area contributed by atoms with Gasteiger partial charge in [0.05, 0.1) is 0 Å². The fraction of sp³-hybridized carbons (Fsp3) is 0.647. The van der Waals surface area contributed by atoms with Crippen LogP contribution in [0.5, 0.6) is 0 Å². The standard InChI is InChI=1S/C17H25BrClN/c1-2-3-12-4-5-14(11-20)15(8-12)9-13-6-7-16(18)10-17(13)19/h6-7,10,12,14-15H,2-5,8-9,11,20H2,1H3. The van der Waals surface area contributed by atoms with Crippen molar-refractivity contribution < 1.29 is 0 Å². The second-order valence-corrected chi connectivity index (χ2v) is 7.49. The second-order valence-electron chi connectivity index (χ2n) is 6.16. The van der Waals surface area contributed by atoms with Gasteiger partial charge in [0.25, 0.3) is 0 Å². The van der Waals surface area contributed by atoms with Gasteiger partial charge in [-0.25, -0.2) is 0 Å². The summed E-state index contributed by atoms with van der Waals surface area (Å²) in [5.41, 5.74) is 7.26. The summed E-state index contributed by atoms with van der Waals surface area (Å²) in [6.07, 6.45) is 7.71. The zero-order chi connectivity index (χ0) is 14.5. The van der Waals surface area contributed by atoms with Crippen molar-refractivity contribution in [1.29, 1.82) is 0 Å². The van der Waals surface area contributed by atoms with Crippen LogP contribution in [0.3, 0.4) is 0 Å². The molecule has 112 valence electrons. The number of rotatable bonds is 5. The number of halogens is 2. The molecule has 1 aromatic carbocycles. The number of hydrogen-bond donors (Lipinski definition) is 1. The quantitative estimate of drug-likeness (QED) is 0.745. The molecule has 0 aliphatic heterocycles. The first-order chi connectivity index (χ1) is 9.63. The van der Waals surface area contributed by atoms with E-state index in [9.17, 15) is 0 Å². The van der Waals surface area contributed by atoms with E-state index in [2.05, 4.69) is 35.0 Å². The Morgan fingerprint density at radius 2 is 2.10 bits per heavy atom. The largest absolute Gasteiger partial charge is 0.330 e. The molecule has 0 amide bonds. The van der Waals surface area contributed by atoms with Crippen LogP contribution in [0.1, 0.15) is 44.6 Å². The van der Waals surface area contributed by atoms with Crippen molar-refractivity contribution in [2.24, 2.45) is 23.5 Å². The van der Waals surface area contributed by atoms with Gasteiger partial charge in [-0.15, -0.1) is 0 Å². The molecule has 0 spiro atoms. The summed E-state index contributed by atoms with van der Waals surface area (Å²) in [5.74, 6) is 2.26. The Morgan fingerprint density at radius 1 is 1.30 bits per heavy atom. The van der Waals surface area contributed by atoms with E-state index in [-0.39, 0.29) is 0 Å². The molecule has 1 aliphatic rings. The highest BCUT2D eigenvalue weighted by Crippen LogP contribution is 2.38. The minimum Gasteiger partial charge on any atom is -0.330 e. The maximum atomic E-state index is 6.38. The molecule has 3 atom stereocenters. The summed E-state index contributed by atoms with van der Waals surface area (Å²) in [7, 11) is 0. The molecule has 1 aliphatic carbocycles. The highest BCUT2D eigenvalue weighted by atomic mass is 79.9. The fourth-order valence-electron chi connectivity index (χ4n) is 3.62. The van der Waals surface area contributed by atoms with Gasteiger partial charge in [-0.2, -0.15) is 0 Å². The first kappa shape index (κ1) is 16.3. The Labute approximate surface area is 136 Å². The maximum Gasteiger partial charge on any atom is 0.0449 e. The van der Waals surface area contributed by atoms with Crippen LogP contribution in [0, 0.1) is 17.8 Å². The summed E-state index contributed by atoms with van der Waals surface area (Å²) in [6, 6.07) is 6.25. The van der Waals surface area contributed by atoms with Gasteiger partial charge >= 0.3 is 0 Å². The molecule has 20 heavy (non-hydrogen) atoms.